The van der Waals surface area contributed by atoms with Gasteiger partial charge in [0.25, 0.3) is 0 Å². The topological polar surface area (TPSA) is 55.4 Å². The number of allylic oxidation sites excluding steroid dienone is 4. The molecule has 0 aromatic heterocycles. The van der Waals surface area contributed by atoms with Crippen LogP contribution in [-0.4, -0.2) is 64.4 Å². The van der Waals surface area contributed by atoms with Gasteiger partial charge in [-0.1, -0.05) is 176 Å². The Morgan fingerprint density at radius 3 is 0.772 bits per heavy atom. The fraction of sp³-hybridized carbons (Fsp3) is 0.659. The number of hydrogen-bond acceptors (Lipinski definition) is 6. The Balaban J connectivity index is 0.000000506. The summed E-state index contributed by atoms with van der Waals surface area (Å²) in [5.74, 6) is 4.97. The van der Waals surface area contributed by atoms with E-state index in [0.717, 1.165) is 86.3 Å². The van der Waals surface area contributed by atoms with Crippen molar-refractivity contribution in [2.75, 3.05) is 39.6 Å². The SMILES string of the molecule is CC1=CCC(C)CC1.CC1=CCC(C)CC1.CC1CCC(C)CC1.CC1CCC(C)OC1.CC1CCC(C)OC1.CC1COC(C)OC1.CC1COC(C)OC1.Cc1ccc(C)c(F)c1.Cc1ccc(C)c(F)c1.Cc1ccc(C)c(F)c1F.Cc1ccc(C)cc1. The average Bonchev–Trinajstić information content (AvgIpc) is 1.70. The summed E-state index contributed by atoms with van der Waals surface area (Å²) in [6.45, 7) is 50.6. The Morgan fingerprint density at radius 1 is 0.283 bits per heavy atom. The van der Waals surface area contributed by atoms with Gasteiger partial charge in [-0.2, -0.15) is 0 Å². The highest BCUT2D eigenvalue weighted by molar-refractivity contribution is 5.25. The van der Waals surface area contributed by atoms with Crippen LogP contribution in [0.3, 0.4) is 0 Å². The Morgan fingerprint density at radius 2 is 0.554 bits per heavy atom. The first-order valence-corrected chi connectivity index (χ1v) is 35.2. The van der Waals surface area contributed by atoms with E-state index in [0.29, 0.717) is 46.3 Å². The van der Waals surface area contributed by atoms with E-state index < -0.39 is 11.6 Å². The van der Waals surface area contributed by atoms with Crippen LogP contribution in [0, 0.1) is 126 Å². The molecule has 4 saturated heterocycles. The average molecular weight is 1290 g/mol. The third-order valence-electron chi connectivity index (χ3n) is 17.4. The first kappa shape index (κ1) is 85.9. The number of rotatable bonds is 0. The van der Waals surface area contributed by atoms with Crippen LogP contribution < -0.4 is 0 Å². The number of aryl methyl sites for hydroxylation is 8. The summed E-state index contributed by atoms with van der Waals surface area (Å²) in [7, 11) is 0. The van der Waals surface area contributed by atoms with Crippen LogP contribution in [0.5, 0.6) is 0 Å². The molecule has 6 unspecified atom stereocenters. The molecule has 524 valence electrons. The minimum Gasteiger partial charge on any atom is -0.378 e. The predicted octanol–water partition coefficient (Wildman–Crippen LogP) is 23.8. The normalized spacial score (nSPS) is 26.2. The van der Waals surface area contributed by atoms with Gasteiger partial charge in [-0.3, -0.25) is 0 Å². The highest BCUT2D eigenvalue weighted by atomic mass is 19.2. The summed E-state index contributed by atoms with van der Waals surface area (Å²) in [5, 5.41) is 0. The molecule has 3 aliphatic carbocycles. The number of hydrogen-bond donors (Lipinski definition) is 0. The van der Waals surface area contributed by atoms with Crippen molar-refractivity contribution in [3.63, 3.8) is 0 Å². The lowest BCUT2D eigenvalue weighted by Gasteiger charge is -2.24. The lowest BCUT2D eigenvalue weighted by Crippen LogP contribution is -2.27. The molecule has 1 saturated carbocycles. The van der Waals surface area contributed by atoms with Crippen molar-refractivity contribution in [1.82, 2.24) is 0 Å². The van der Waals surface area contributed by atoms with Crippen molar-refractivity contribution in [2.45, 2.75) is 267 Å². The maximum absolute atomic E-state index is 12.6. The lowest BCUT2D eigenvalue weighted by atomic mass is 9.84. The van der Waals surface area contributed by atoms with Crippen molar-refractivity contribution < 1.29 is 46.0 Å². The summed E-state index contributed by atoms with van der Waals surface area (Å²) in [4.78, 5) is 0. The van der Waals surface area contributed by atoms with Crippen molar-refractivity contribution >= 4 is 0 Å². The molecule has 6 nitrogen and oxygen atoms in total. The number of halogens is 4. The Bertz CT molecular complexity index is 2270. The van der Waals surface area contributed by atoms with E-state index in [9.17, 15) is 17.6 Å². The molecule has 0 spiro atoms. The third-order valence-corrected chi connectivity index (χ3v) is 17.4. The van der Waals surface area contributed by atoms with Gasteiger partial charge in [0.2, 0.25) is 0 Å². The summed E-state index contributed by atoms with van der Waals surface area (Å²) in [6.07, 6.45) is 25.0. The molecule has 4 aromatic carbocycles. The van der Waals surface area contributed by atoms with Crippen molar-refractivity contribution in [2.24, 2.45) is 47.3 Å². The highest BCUT2D eigenvalue weighted by Gasteiger charge is 2.17. The minimum absolute atomic E-state index is 0.0196. The largest absolute Gasteiger partial charge is 0.378 e. The summed E-state index contributed by atoms with van der Waals surface area (Å²) in [5.41, 5.74) is 9.89. The second kappa shape index (κ2) is 49.4. The van der Waals surface area contributed by atoms with Gasteiger partial charge in [0.05, 0.1) is 38.6 Å². The van der Waals surface area contributed by atoms with Crippen LogP contribution in [0.25, 0.3) is 0 Å². The van der Waals surface area contributed by atoms with Crippen molar-refractivity contribution in [3.8, 4) is 0 Å². The van der Waals surface area contributed by atoms with Gasteiger partial charge in [-0.15, -0.1) is 0 Å². The zero-order valence-corrected chi connectivity index (χ0v) is 62.1. The molecule has 4 heterocycles. The fourth-order valence-corrected chi connectivity index (χ4v) is 9.82. The second-order valence-electron chi connectivity index (χ2n) is 28.5. The molecule has 10 heteroatoms. The van der Waals surface area contributed by atoms with Crippen molar-refractivity contribution in [3.05, 3.63) is 164 Å². The molecule has 92 heavy (non-hydrogen) atoms. The van der Waals surface area contributed by atoms with Crippen LogP contribution in [0.2, 0.25) is 0 Å². The van der Waals surface area contributed by atoms with Crippen LogP contribution in [0.15, 0.2) is 96.1 Å². The van der Waals surface area contributed by atoms with Gasteiger partial charge in [0, 0.05) is 25.0 Å². The quantitative estimate of drug-likeness (QED) is 0.129. The van der Waals surface area contributed by atoms with Gasteiger partial charge < -0.3 is 28.4 Å². The fourth-order valence-electron chi connectivity index (χ4n) is 9.82. The van der Waals surface area contributed by atoms with E-state index in [4.69, 9.17) is 28.4 Å². The molecule has 0 bridgehead atoms. The number of ether oxygens (including phenoxy) is 6. The molecule has 0 radical (unpaired) electrons. The Labute approximate surface area is 561 Å². The highest BCUT2D eigenvalue weighted by Crippen LogP contribution is 2.28. The van der Waals surface area contributed by atoms with Crippen LogP contribution in [0.1, 0.15) is 231 Å². The van der Waals surface area contributed by atoms with E-state index in [-0.39, 0.29) is 24.2 Å². The van der Waals surface area contributed by atoms with E-state index in [1.54, 1.807) is 49.3 Å². The van der Waals surface area contributed by atoms with Gasteiger partial charge in [0.15, 0.2) is 24.2 Å². The van der Waals surface area contributed by atoms with Crippen LogP contribution >= 0.6 is 0 Å². The molecule has 7 aliphatic rings. The van der Waals surface area contributed by atoms with Gasteiger partial charge in [0.1, 0.15) is 11.6 Å². The Kier molecular flexibility index (Phi) is 46.1. The maximum Gasteiger partial charge on any atom is 0.161 e. The summed E-state index contributed by atoms with van der Waals surface area (Å²) < 4.78 is 81.8. The first-order chi connectivity index (χ1) is 43.3. The van der Waals surface area contributed by atoms with Gasteiger partial charge in [-0.05, 0) is 242 Å². The zero-order chi connectivity index (χ0) is 69.3. The molecule has 5 fully saturated rings. The van der Waals surface area contributed by atoms with Crippen molar-refractivity contribution in [1.29, 1.82) is 0 Å². The summed E-state index contributed by atoms with van der Waals surface area (Å²) in [6, 6.07) is 22.0. The molecule has 11 rings (SSSR count). The molecule has 4 aliphatic heterocycles. The molecule has 6 atom stereocenters. The van der Waals surface area contributed by atoms with Gasteiger partial charge in [-0.25, -0.2) is 17.6 Å². The molecule has 4 aromatic rings. The van der Waals surface area contributed by atoms with Gasteiger partial charge >= 0.3 is 0 Å². The third kappa shape index (κ3) is 43.7. The van der Waals surface area contributed by atoms with Crippen LogP contribution in [0.4, 0.5) is 17.6 Å². The van der Waals surface area contributed by atoms with E-state index in [1.165, 1.54) is 127 Å². The zero-order valence-electron chi connectivity index (χ0n) is 62.1. The first-order valence-electron chi connectivity index (χ1n) is 35.2. The molecular formula is C82H132F4O6. The minimum atomic E-state index is -0.736. The monoisotopic (exact) mass is 1290 g/mol. The Hall–Kier alpha value is -4.16. The molecule has 0 amide bonds. The standard InChI is InChI=1S/C8H8F2.2C8H9F.C8H16.2C8H14.C8H10.2C7H14O.2C6H12O2/c1-5-3-4-6(2)8(10)7(5)9;2*1-6-3-4-7(2)8(9)5-6;4*1-7-3-5-8(2)6-4-7;2*1-6-3-4-7(2)8-5-6;2*1-5-3-7-6(2)8-4-5/h3-4H,1-2H3;2*3-5H,1-2H3;7-8H,3-6H2,1-2H3;2*3,8H,4-6H2,1-2H3;3-6H,1-2H3;2*6-7H,3-5H2,1-2H3;2*5-6H,3-4H2,1-2H3. The van der Waals surface area contributed by atoms with E-state index >= 15 is 0 Å². The summed E-state index contributed by atoms with van der Waals surface area (Å²) >= 11 is 0. The van der Waals surface area contributed by atoms with Crippen LogP contribution in [-0.2, 0) is 28.4 Å². The molecular weight excluding hydrogens is 1160 g/mol. The smallest absolute Gasteiger partial charge is 0.161 e. The lowest BCUT2D eigenvalue weighted by molar-refractivity contribution is -0.187. The maximum atomic E-state index is 12.6. The van der Waals surface area contributed by atoms with E-state index in [2.05, 4.69) is 133 Å². The number of benzene rings is 4. The molecule has 0 N–H and O–H groups in total. The predicted molar refractivity (Wildman–Crippen MR) is 383 cm³/mol. The van der Waals surface area contributed by atoms with E-state index in [1.807, 2.05) is 39.8 Å². The second-order valence-corrected chi connectivity index (χ2v) is 28.5.